The summed E-state index contributed by atoms with van der Waals surface area (Å²) in [5.74, 6) is -0.0727. The van der Waals surface area contributed by atoms with Gasteiger partial charge < -0.3 is 10.0 Å². The molecule has 1 aromatic carbocycles. The van der Waals surface area contributed by atoms with Gasteiger partial charge in [0.15, 0.2) is 0 Å². The summed E-state index contributed by atoms with van der Waals surface area (Å²) in [5.41, 5.74) is 0.518. The van der Waals surface area contributed by atoms with E-state index in [0.29, 0.717) is 17.1 Å². The van der Waals surface area contributed by atoms with Crippen molar-refractivity contribution in [3.05, 3.63) is 33.3 Å². The standard InChI is InChI=1S/C13H17BrClNO2/c1-16(7-3-2-4-8-17)13(18)11-6-5-10(14)9-12(11)15/h5-6,9,17H,2-4,7-8H2,1H3. The molecule has 0 atom stereocenters. The van der Waals surface area contributed by atoms with Gasteiger partial charge in [0.2, 0.25) is 0 Å². The molecule has 1 rings (SSSR count). The van der Waals surface area contributed by atoms with Crippen LogP contribution in [0.5, 0.6) is 0 Å². The zero-order valence-corrected chi connectivity index (χ0v) is 12.7. The molecule has 0 fully saturated rings. The summed E-state index contributed by atoms with van der Waals surface area (Å²) in [6.45, 7) is 0.876. The molecule has 0 bridgehead atoms. The summed E-state index contributed by atoms with van der Waals surface area (Å²) >= 11 is 9.35. The van der Waals surface area contributed by atoms with Gasteiger partial charge in [-0.25, -0.2) is 0 Å². The lowest BCUT2D eigenvalue weighted by Crippen LogP contribution is -2.28. The highest BCUT2D eigenvalue weighted by Gasteiger charge is 2.14. The Morgan fingerprint density at radius 2 is 2.11 bits per heavy atom. The molecular formula is C13H17BrClNO2. The Morgan fingerprint density at radius 1 is 1.39 bits per heavy atom. The van der Waals surface area contributed by atoms with E-state index in [1.807, 2.05) is 0 Å². The van der Waals surface area contributed by atoms with Crippen molar-refractivity contribution in [1.29, 1.82) is 0 Å². The topological polar surface area (TPSA) is 40.5 Å². The van der Waals surface area contributed by atoms with Gasteiger partial charge in [-0.1, -0.05) is 27.5 Å². The van der Waals surface area contributed by atoms with Crippen LogP contribution >= 0.6 is 27.5 Å². The Hall–Kier alpha value is -0.580. The van der Waals surface area contributed by atoms with Gasteiger partial charge in [0, 0.05) is 24.7 Å². The Kier molecular flexibility index (Phi) is 6.68. The quantitative estimate of drug-likeness (QED) is 0.811. The van der Waals surface area contributed by atoms with Gasteiger partial charge >= 0.3 is 0 Å². The second-order valence-electron chi connectivity index (χ2n) is 4.14. The SMILES string of the molecule is CN(CCCCCO)C(=O)c1ccc(Br)cc1Cl. The predicted molar refractivity (Wildman–Crippen MR) is 77.0 cm³/mol. The smallest absolute Gasteiger partial charge is 0.255 e. The molecule has 100 valence electrons. The van der Waals surface area contributed by atoms with Gasteiger partial charge in [0.25, 0.3) is 5.91 Å². The number of aliphatic hydroxyl groups is 1. The van der Waals surface area contributed by atoms with Crippen LogP contribution < -0.4 is 0 Å². The van der Waals surface area contributed by atoms with Crippen molar-refractivity contribution in [1.82, 2.24) is 4.90 Å². The summed E-state index contributed by atoms with van der Waals surface area (Å²) in [7, 11) is 1.76. The van der Waals surface area contributed by atoms with E-state index in [1.165, 1.54) is 0 Å². The highest BCUT2D eigenvalue weighted by molar-refractivity contribution is 9.10. The van der Waals surface area contributed by atoms with Crippen molar-refractivity contribution in [3.8, 4) is 0 Å². The van der Waals surface area contributed by atoms with Crippen molar-refractivity contribution in [2.45, 2.75) is 19.3 Å². The van der Waals surface area contributed by atoms with E-state index in [0.717, 1.165) is 23.7 Å². The van der Waals surface area contributed by atoms with Crippen LogP contribution in [-0.2, 0) is 0 Å². The third-order valence-corrected chi connectivity index (χ3v) is 3.47. The Labute approximate surface area is 121 Å². The molecule has 0 unspecified atom stereocenters. The van der Waals surface area contributed by atoms with E-state index in [1.54, 1.807) is 30.1 Å². The molecule has 0 heterocycles. The first-order valence-electron chi connectivity index (χ1n) is 5.87. The van der Waals surface area contributed by atoms with Crippen LogP contribution in [0.25, 0.3) is 0 Å². The number of carbonyl (C=O) groups excluding carboxylic acids is 1. The molecule has 1 N–H and O–H groups in total. The third-order valence-electron chi connectivity index (χ3n) is 2.66. The van der Waals surface area contributed by atoms with E-state index in [4.69, 9.17) is 16.7 Å². The zero-order valence-electron chi connectivity index (χ0n) is 10.3. The number of carbonyl (C=O) groups is 1. The average molecular weight is 335 g/mol. The molecule has 0 saturated heterocycles. The molecule has 0 aliphatic carbocycles. The highest BCUT2D eigenvalue weighted by atomic mass is 79.9. The maximum Gasteiger partial charge on any atom is 0.255 e. The first kappa shape index (κ1) is 15.5. The maximum absolute atomic E-state index is 12.1. The monoisotopic (exact) mass is 333 g/mol. The van der Waals surface area contributed by atoms with Crippen LogP contribution in [0.3, 0.4) is 0 Å². The normalized spacial score (nSPS) is 10.4. The minimum absolute atomic E-state index is 0.0727. The summed E-state index contributed by atoms with van der Waals surface area (Å²) in [6.07, 6.45) is 2.58. The molecule has 0 saturated carbocycles. The lowest BCUT2D eigenvalue weighted by Gasteiger charge is -2.17. The molecular weight excluding hydrogens is 318 g/mol. The lowest BCUT2D eigenvalue weighted by atomic mass is 10.2. The van der Waals surface area contributed by atoms with Crippen LogP contribution in [0.1, 0.15) is 29.6 Å². The average Bonchev–Trinajstić information content (AvgIpc) is 2.33. The fraction of sp³-hybridized carbons (Fsp3) is 0.462. The fourth-order valence-corrected chi connectivity index (χ4v) is 2.36. The molecule has 18 heavy (non-hydrogen) atoms. The van der Waals surface area contributed by atoms with Gasteiger partial charge in [-0.2, -0.15) is 0 Å². The Balaban J connectivity index is 2.57. The molecule has 0 aromatic heterocycles. The number of rotatable bonds is 6. The van der Waals surface area contributed by atoms with Crippen molar-refractivity contribution in [3.63, 3.8) is 0 Å². The number of amides is 1. The second-order valence-corrected chi connectivity index (χ2v) is 5.46. The predicted octanol–water partition coefficient (Wildman–Crippen LogP) is 3.34. The number of halogens is 2. The third kappa shape index (κ3) is 4.59. The molecule has 0 spiro atoms. The van der Waals surface area contributed by atoms with E-state index in [9.17, 15) is 4.79 Å². The molecule has 5 heteroatoms. The minimum Gasteiger partial charge on any atom is -0.396 e. The van der Waals surface area contributed by atoms with Crippen molar-refractivity contribution in [2.24, 2.45) is 0 Å². The van der Waals surface area contributed by atoms with Crippen LogP contribution in [0.15, 0.2) is 22.7 Å². The first-order chi connectivity index (χ1) is 8.56. The van der Waals surface area contributed by atoms with Crippen LogP contribution in [0.4, 0.5) is 0 Å². The molecule has 0 aliphatic heterocycles. The van der Waals surface area contributed by atoms with E-state index in [-0.39, 0.29) is 12.5 Å². The summed E-state index contributed by atoms with van der Waals surface area (Å²) in [5, 5.41) is 9.13. The van der Waals surface area contributed by atoms with E-state index >= 15 is 0 Å². The second kappa shape index (κ2) is 7.77. The first-order valence-corrected chi connectivity index (χ1v) is 7.04. The van der Waals surface area contributed by atoms with E-state index in [2.05, 4.69) is 15.9 Å². The molecule has 1 amide bonds. The maximum atomic E-state index is 12.1. The largest absolute Gasteiger partial charge is 0.396 e. The number of aliphatic hydroxyl groups excluding tert-OH is 1. The molecule has 1 aromatic rings. The summed E-state index contributed by atoms with van der Waals surface area (Å²) < 4.78 is 0.856. The lowest BCUT2D eigenvalue weighted by molar-refractivity contribution is 0.0792. The highest BCUT2D eigenvalue weighted by Crippen LogP contribution is 2.22. The fourth-order valence-electron chi connectivity index (χ4n) is 1.61. The van der Waals surface area contributed by atoms with Crippen LogP contribution in [0, 0.1) is 0 Å². The van der Waals surface area contributed by atoms with Gasteiger partial charge in [0.1, 0.15) is 0 Å². The minimum atomic E-state index is -0.0727. The van der Waals surface area contributed by atoms with Crippen LogP contribution in [-0.4, -0.2) is 36.1 Å². The van der Waals surface area contributed by atoms with Gasteiger partial charge in [-0.05, 0) is 37.5 Å². The molecule has 0 aliphatic rings. The van der Waals surface area contributed by atoms with Crippen LogP contribution in [0.2, 0.25) is 5.02 Å². The zero-order chi connectivity index (χ0) is 13.5. The van der Waals surface area contributed by atoms with Crippen molar-refractivity contribution >= 4 is 33.4 Å². The van der Waals surface area contributed by atoms with Gasteiger partial charge in [0.05, 0.1) is 10.6 Å². The number of unbranched alkanes of at least 4 members (excludes halogenated alkanes) is 2. The van der Waals surface area contributed by atoms with Gasteiger partial charge in [-0.3, -0.25) is 4.79 Å². The van der Waals surface area contributed by atoms with Crippen molar-refractivity contribution in [2.75, 3.05) is 20.2 Å². The number of hydrogen-bond acceptors (Lipinski definition) is 2. The molecule has 3 nitrogen and oxygen atoms in total. The van der Waals surface area contributed by atoms with Gasteiger partial charge in [-0.15, -0.1) is 0 Å². The van der Waals surface area contributed by atoms with Crippen molar-refractivity contribution < 1.29 is 9.90 Å². The number of hydrogen-bond donors (Lipinski definition) is 1. The molecule has 0 radical (unpaired) electrons. The number of benzene rings is 1. The summed E-state index contributed by atoms with van der Waals surface area (Å²) in [6, 6.07) is 5.24. The van der Waals surface area contributed by atoms with E-state index < -0.39 is 0 Å². The Morgan fingerprint density at radius 3 is 2.72 bits per heavy atom. The summed E-state index contributed by atoms with van der Waals surface area (Å²) in [4.78, 5) is 13.8. The number of nitrogens with zero attached hydrogens (tertiary/aromatic N) is 1. The Bertz CT molecular complexity index is 412.